The molecule has 8 amide bonds. The van der Waals surface area contributed by atoms with Crippen molar-refractivity contribution < 1.29 is 114 Å². The molecule has 0 saturated heterocycles. The molecule has 0 spiro atoms. The van der Waals surface area contributed by atoms with Crippen LogP contribution < -0.4 is 42.5 Å². The average Bonchev–Trinajstić information content (AvgIpc) is 0.911. The molecule has 0 aliphatic heterocycles. The Bertz CT molecular complexity index is 3470. The fourth-order valence-corrected chi connectivity index (χ4v) is 8.92. The summed E-state index contributed by atoms with van der Waals surface area (Å²) < 4.78 is 61.8. The normalized spacial score (nSPS) is 11.3. The van der Waals surface area contributed by atoms with E-state index in [1.54, 1.807) is 14.2 Å². The van der Waals surface area contributed by atoms with E-state index >= 15 is 0 Å². The molecular weight excluding hydrogens is 1490 g/mol. The minimum absolute atomic E-state index is 0.00507. The molecule has 0 unspecified atom stereocenters. The Balaban J connectivity index is 0.000000762. The van der Waals surface area contributed by atoms with Gasteiger partial charge in [-0.05, 0) is 46.2 Å². The van der Waals surface area contributed by atoms with E-state index in [9.17, 15) is 57.5 Å². The van der Waals surface area contributed by atoms with Crippen molar-refractivity contribution >= 4 is 71.1 Å². The van der Waals surface area contributed by atoms with Crippen molar-refractivity contribution in [3.8, 4) is 0 Å². The minimum atomic E-state index is -1.03. The van der Waals surface area contributed by atoms with E-state index in [1.165, 1.54) is 27.7 Å². The molecule has 38 heteroatoms. The Kier molecular flexibility index (Phi) is 60.7. The number of ether oxygens (including phenoxy) is 12. The van der Waals surface area contributed by atoms with Gasteiger partial charge in [-0.3, -0.25) is 57.5 Å². The summed E-state index contributed by atoms with van der Waals surface area (Å²) in [7, 11) is 3.15. The van der Waals surface area contributed by atoms with Crippen LogP contribution in [0.15, 0.2) is 132 Å². The van der Waals surface area contributed by atoms with E-state index in [0.717, 1.165) is 22.3 Å². The van der Waals surface area contributed by atoms with Gasteiger partial charge in [0.1, 0.15) is 50.6 Å². The molecule has 4 aromatic rings. The number of azide groups is 2. The number of carbonyl (C=O) groups excluding carboxylic acids is 12. The van der Waals surface area contributed by atoms with Gasteiger partial charge in [0.2, 0.25) is 47.3 Å². The predicted molar refractivity (Wildman–Crippen MR) is 412 cm³/mol. The summed E-state index contributed by atoms with van der Waals surface area (Å²) in [5, 5.41) is 27.2. The number of rotatable bonds is 56. The number of hydrogen-bond acceptors (Lipinski definition) is 26. The second-order valence-corrected chi connectivity index (χ2v) is 23.8. The zero-order valence-electron chi connectivity index (χ0n) is 65.6. The summed E-state index contributed by atoms with van der Waals surface area (Å²) in [6, 6.07) is 33.2. The first-order valence-corrected chi connectivity index (χ1v) is 36.5. The molecule has 0 aromatic heterocycles. The molecule has 4 rings (SSSR count). The molecule has 628 valence electrons. The molecule has 0 saturated carbocycles. The van der Waals surface area contributed by atoms with Crippen LogP contribution in [0.2, 0.25) is 0 Å². The Morgan fingerprint density at radius 2 is 0.561 bits per heavy atom. The average molecular weight is 1600 g/mol. The molecule has 0 heterocycles. The van der Waals surface area contributed by atoms with Crippen molar-refractivity contribution in [2.45, 2.75) is 117 Å². The van der Waals surface area contributed by atoms with Crippen molar-refractivity contribution in [2.24, 2.45) is 10.2 Å². The Morgan fingerprint density at radius 3 is 0.816 bits per heavy atom. The van der Waals surface area contributed by atoms with Crippen molar-refractivity contribution in [2.75, 3.05) is 146 Å². The minimum Gasteiger partial charge on any atom is -0.461 e. The largest absolute Gasteiger partial charge is 0.461 e. The van der Waals surface area contributed by atoms with Gasteiger partial charge in [-0.2, -0.15) is 0 Å². The standard InChI is InChI=1S/C20H29N5O6.C19H27N5O6.C19H28N2O6.C18H26N2O6/c1-16(26)24-18(7-8-19(27)31-15-17-5-3-2-4-6-17)20(28)22-9-11-29-13-14-30-12-10-23-25-21;1-15(25)23-17(13-18(26)30-14-16-5-3-2-4-6-16)19(27)21-7-9-28-11-12-29-10-8-22-24-20;1-15(22)21-17(19(24)20-10-11-26-13-12-25-2)8-9-18(23)27-14-16-6-4-3-5-7-16;1-14(21)20-16(18(23)19-8-9-25-11-10-24-2)12-17(22)26-13-15-6-4-3-5-7-15/h2-6,18H,7-15H2,1H3,(H,22,28)(H,24,26);2-6,17H,7-14H2,1H3,(H,21,27)(H,23,25);3-7,17H,8-14H2,1-2H3,(H,20,24)(H,21,22);3-7,16H,8-13H2,1-2H3,(H,19,23)(H,20,21)/t18-;2*17-;16-/m0000/s1. The number of hydrogen-bond donors (Lipinski definition) is 8. The lowest BCUT2D eigenvalue weighted by molar-refractivity contribution is -0.148. The topological polar surface area (TPSA) is 509 Å². The molecule has 0 radical (unpaired) electrons. The highest BCUT2D eigenvalue weighted by Gasteiger charge is 2.26. The van der Waals surface area contributed by atoms with Crippen LogP contribution in [-0.2, 0) is 141 Å². The van der Waals surface area contributed by atoms with Gasteiger partial charge in [0.05, 0.1) is 105 Å². The van der Waals surface area contributed by atoms with Crippen LogP contribution in [0.5, 0.6) is 0 Å². The van der Waals surface area contributed by atoms with Crippen molar-refractivity contribution in [1.82, 2.24) is 42.5 Å². The van der Waals surface area contributed by atoms with Crippen molar-refractivity contribution in [1.29, 1.82) is 0 Å². The highest BCUT2D eigenvalue weighted by atomic mass is 16.6. The van der Waals surface area contributed by atoms with Crippen LogP contribution in [0.4, 0.5) is 0 Å². The van der Waals surface area contributed by atoms with Gasteiger partial charge >= 0.3 is 23.9 Å². The number of nitrogens with one attached hydrogen (secondary N) is 8. The quantitative estimate of drug-likeness (QED) is 0.00779. The van der Waals surface area contributed by atoms with E-state index in [4.69, 9.17) is 67.9 Å². The van der Waals surface area contributed by atoms with Crippen LogP contribution in [0.25, 0.3) is 20.9 Å². The lowest BCUT2D eigenvalue weighted by Gasteiger charge is -2.17. The van der Waals surface area contributed by atoms with Crippen LogP contribution in [0.3, 0.4) is 0 Å². The first-order valence-electron chi connectivity index (χ1n) is 36.5. The number of benzene rings is 4. The lowest BCUT2D eigenvalue weighted by Crippen LogP contribution is -2.48. The van der Waals surface area contributed by atoms with Crippen molar-refractivity contribution in [3.63, 3.8) is 0 Å². The van der Waals surface area contributed by atoms with Gasteiger partial charge in [0, 0.05) is 104 Å². The van der Waals surface area contributed by atoms with Crippen LogP contribution in [-0.4, -0.2) is 241 Å². The number of methoxy groups -OCH3 is 2. The predicted octanol–water partition coefficient (Wildman–Crippen LogP) is 3.76. The third-order valence-electron chi connectivity index (χ3n) is 14.4. The van der Waals surface area contributed by atoms with Crippen molar-refractivity contribution in [3.05, 3.63) is 164 Å². The van der Waals surface area contributed by atoms with E-state index in [2.05, 4.69) is 62.6 Å². The van der Waals surface area contributed by atoms with Gasteiger partial charge in [-0.15, -0.1) is 0 Å². The number of amides is 8. The molecular formula is C76H110N14O24. The molecule has 114 heavy (non-hydrogen) atoms. The maximum absolute atomic E-state index is 12.3. The van der Waals surface area contributed by atoms with Gasteiger partial charge < -0.3 is 99.4 Å². The summed E-state index contributed by atoms with van der Waals surface area (Å²) in [5.74, 6) is -5.32. The molecule has 0 fully saturated rings. The molecule has 4 aromatic carbocycles. The van der Waals surface area contributed by atoms with Gasteiger partial charge in [0.25, 0.3) is 0 Å². The zero-order valence-corrected chi connectivity index (χ0v) is 65.6. The molecule has 0 bridgehead atoms. The highest BCUT2D eigenvalue weighted by molar-refractivity contribution is 5.92. The Hall–Kier alpha value is -11.2. The smallest absolute Gasteiger partial charge is 0.308 e. The van der Waals surface area contributed by atoms with Crippen LogP contribution >= 0.6 is 0 Å². The van der Waals surface area contributed by atoms with Crippen LogP contribution in [0, 0.1) is 0 Å². The second-order valence-electron chi connectivity index (χ2n) is 23.8. The third kappa shape index (κ3) is 58.7. The molecule has 4 atom stereocenters. The number of nitrogens with zero attached hydrogens (tertiary/aromatic N) is 6. The van der Waals surface area contributed by atoms with Gasteiger partial charge in [0.15, 0.2) is 0 Å². The molecule has 0 aliphatic carbocycles. The summed E-state index contributed by atoms with van der Waals surface area (Å²) in [6.45, 7) is 12.1. The summed E-state index contributed by atoms with van der Waals surface area (Å²) in [6.07, 6.45) is -0.228. The summed E-state index contributed by atoms with van der Waals surface area (Å²) in [4.78, 5) is 147. The van der Waals surface area contributed by atoms with Crippen LogP contribution in [0.1, 0.15) is 88.5 Å². The first-order chi connectivity index (χ1) is 55.1. The van der Waals surface area contributed by atoms with Gasteiger partial charge in [-0.1, -0.05) is 132 Å². The Morgan fingerprint density at radius 1 is 0.325 bits per heavy atom. The third-order valence-corrected chi connectivity index (χ3v) is 14.4. The maximum Gasteiger partial charge on any atom is 0.308 e. The van der Waals surface area contributed by atoms with E-state index < -0.39 is 77.6 Å². The van der Waals surface area contributed by atoms with E-state index in [1.807, 2.05) is 121 Å². The maximum atomic E-state index is 12.3. The number of esters is 4. The summed E-state index contributed by atoms with van der Waals surface area (Å²) in [5.41, 5.74) is 19.7. The number of carbonyl (C=O) groups is 12. The van der Waals surface area contributed by atoms with E-state index in [0.29, 0.717) is 85.8 Å². The highest BCUT2D eigenvalue weighted by Crippen LogP contribution is 2.10. The molecule has 8 N–H and O–H groups in total. The monoisotopic (exact) mass is 1600 g/mol. The fourth-order valence-electron chi connectivity index (χ4n) is 8.92. The molecule has 0 aliphatic rings. The zero-order chi connectivity index (χ0) is 83.9. The summed E-state index contributed by atoms with van der Waals surface area (Å²) >= 11 is 0. The SMILES string of the molecule is CC(=O)N[C@@H](CC(=O)OCc1ccccc1)C(=O)NCCOCCOCCN=[N+]=[N-].CC(=O)N[C@@H](CCC(=O)OCc1ccccc1)C(=O)NCCOCCOCCN=[N+]=[N-].COCCOCCNC(=O)[C@H](CC(=O)OCc1ccccc1)NC(C)=O.COCCOCCNC(=O)[C@H](CCC(=O)OCc1ccccc1)NC(C)=O. The first kappa shape index (κ1) is 101. The second kappa shape index (κ2) is 68.6. The fraction of sp³-hybridized carbons (Fsp3) is 0.526. The molecule has 38 nitrogen and oxygen atoms in total. The van der Waals surface area contributed by atoms with Gasteiger partial charge in [-0.25, -0.2) is 0 Å². The lowest BCUT2D eigenvalue weighted by atomic mass is 10.1. The van der Waals surface area contributed by atoms with E-state index in [-0.39, 0.29) is 129 Å². The Labute approximate surface area is 663 Å².